The average molecular weight is 346 g/mol. The Labute approximate surface area is 148 Å². The smallest absolute Gasteiger partial charge is 0.303 e. The number of carboxylic acids is 1. The normalized spacial score (nSPS) is 17.2. The van der Waals surface area contributed by atoms with Crippen LogP contribution in [0.4, 0.5) is 0 Å². The number of hydrogen-bond donors (Lipinski definition) is 1. The van der Waals surface area contributed by atoms with Crippen molar-refractivity contribution in [1.29, 1.82) is 0 Å². The largest absolute Gasteiger partial charge is 0.481 e. The van der Waals surface area contributed by atoms with E-state index in [0.717, 1.165) is 19.3 Å². The van der Waals surface area contributed by atoms with Gasteiger partial charge >= 0.3 is 5.97 Å². The van der Waals surface area contributed by atoms with E-state index < -0.39 is 5.97 Å². The van der Waals surface area contributed by atoms with Gasteiger partial charge in [-0.15, -0.1) is 0 Å². The highest BCUT2D eigenvalue weighted by atomic mass is 16.4. The fraction of sp³-hybridized carbons (Fsp3) is 0.526. The lowest BCUT2D eigenvalue weighted by atomic mass is 9.96. The minimum absolute atomic E-state index is 0.0463. The van der Waals surface area contributed by atoms with Crippen LogP contribution in [0, 0.1) is 0 Å². The molecule has 0 bridgehead atoms. The summed E-state index contributed by atoms with van der Waals surface area (Å²) >= 11 is 0. The highest BCUT2D eigenvalue weighted by Gasteiger charge is 2.28. The van der Waals surface area contributed by atoms with Gasteiger partial charge in [0.2, 0.25) is 0 Å². The lowest BCUT2D eigenvalue weighted by Gasteiger charge is -2.35. The number of benzene rings is 1. The number of piperidine rings is 1. The molecule has 6 nitrogen and oxygen atoms in total. The van der Waals surface area contributed by atoms with Gasteiger partial charge in [-0.1, -0.05) is 6.07 Å². The summed E-state index contributed by atoms with van der Waals surface area (Å²) in [6.45, 7) is 3.13. The topological polar surface area (TPSA) is 77.9 Å². The summed E-state index contributed by atoms with van der Waals surface area (Å²) in [6.07, 6.45) is 3.29. The van der Waals surface area contributed by atoms with E-state index in [9.17, 15) is 14.4 Å². The second kappa shape index (κ2) is 8.65. The minimum atomic E-state index is -0.840. The summed E-state index contributed by atoms with van der Waals surface area (Å²) in [5.41, 5.74) is 0.979. The van der Waals surface area contributed by atoms with Crippen molar-refractivity contribution in [3.8, 4) is 0 Å². The van der Waals surface area contributed by atoms with Gasteiger partial charge < -0.3 is 14.9 Å². The lowest BCUT2D eigenvalue weighted by molar-refractivity contribution is -0.137. The van der Waals surface area contributed by atoms with Crippen LogP contribution >= 0.6 is 0 Å². The van der Waals surface area contributed by atoms with Crippen molar-refractivity contribution in [3.05, 3.63) is 35.4 Å². The van der Waals surface area contributed by atoms with Crippen LogP contribution in [0.25, 0.3) is 0 Å². The average Bonchev–Trinajstić information content (AvgIpc) is 2.64. The molecule has 0 radical (unpaired) electrons. The lowest BCUT2D eigenvalue weighted by Crippen LogP contribution is -2.44. The predicted molar refractivity (Wildman–Crippen MR) is 94.6 cm³/mol. The van der Waals surface area contributed by atoms with Gasteiger partial charge in [-0.2, -0.15) is 0 Å². The molecule has 1 aliphatic heterocycles. The van der Waals surface area contributed by atoms with E-state index in [1.165, 1.54) is 0 Å². The second-order valence-corrected chi connectivity index (χ2v) is 6.48. The molecule has 1 saturated heterocycles. The zero-order valence-electron chi connectivity index (χ0n) is 14.9. The van der Waals surface area contributed by atoms with Gasteiger partial charge in [0.25, 0.3) is 11.8 Å². The number of aliphatic carboxylic acids is 1. The van der Waals surface area contributed by atoms with E-state index in [-0.39, 0.29) is 24.3 Å². The van der Waals surface area contributed by atoms with Gasteiger partial charge in [-0.05, 0) is 50.8 Å². The summed E-state index contributed by atoms with van der Waals surface area (Å²) in [5, 5.41) is 8.91. The first-order valence-corrected chi connectivity index (χ1v) is 8.82. The molecular weight excluding hydrogens is 320 g/mol. The van der Waals surface area contributed by atoms with Crippen LogP contribution in [-0.4, -0.2) is 58.9 Å². The molecule has 2 rings (SSSR count). The zero-order valence-corrected chi connectivity index (χ0v) is 14.9. The molecule has 1 aliphatic rings. The van der Waals surface area contributed by atoms with Crippen molar-refractivity contribution >= 4 is 17.8 Å². The molecule has 0 saturated carbocycles. The maximum Gasteiger partial charge on any atom is 0.303 e. The first-order chi connectivity index (χ1) is 11.9. The van der Waals surface area contributed by atoms with Crippen LogP contribution in [0.1, 0.15) is 59.7 Å². The molecule has 0 aromatic heterocycles. The monoisotopic (exact) mass is 346 g/mol. The Kier molecular flexibility index (Phi) is 6.56. The quantitative estimate of drug-likeness (QED) is 0.859. The Morgan fingerprint density at radius 1 is 1.24 bits per heavy atom. The molecule has 1 aromatic rings. The van der Waals surface area contributed by atoms with Gasteiger partial charge in [0, 0.05) is 43.7 Å². The summed E-state index contributed by atoms with van der Waals surface area (Å²) in [4.78, 5) is 39.5. The van der Waals surface area contributed by atoms with Crippen LogP contribution in [0.15, 0.2) is 24.3 Å². The molecule has 0 spiro atoms. The van der Waals surface area contributed by atoms with Crippen LogP contribution in [-0.2, 0) is 4.79 Å². The Hall–Kier alpha value is -2.37. The number of carboxylic acid groups (broad SMARTS) is 1. The fourth-order valence-corrected chi connectivity index (χ4v) is 3.17. The van der Waals surface area contributed by atoms with E-state index >= 15 is 0 Å². The minimum Gasteiger partial charge on any atom is -0.481 e. The predicted octanol–water partition coefficient (Wildman–Crippen LogP) is 2.64. The molecule has 25 heavy (non-hydrogen) atoms. The third-order valence-corrected chi connectivity index (χ3v) is 4.76. The summed E-state index contributed by atoms with van der Waals surface area (Å²) in [5.74, 6) is -1.07. The highest BCUT2D eigenvalue weighted by molar-refractivity contribution is 5.99. The first kappa shape index (κ1) is 19.0. The third-order valence-electron chi connectivity index (χ3n) is 4.76. The summed E-state index contributed by atoms with van der Waals surface area (Å²) in [6, 6.07) is 6.74. The van der Waals surface area contributed by atoms with Crippen molar-refractivity contribution in [2.45, 2.75) is 45.1 Å². The van der Waals surface area contributed by atoms with E-state index in [1.54, 1.807) is 41.1 Å². The number of likely N-dealkylation sites (tertiary alicyclic amines) is 1. The highest BCUT2D eigenvalue weighted by Crippen LogP contribution is 2.23. The van der Waals surface area contributed by atoms with Gasteiger partial charge in [0.15, 0.2) is 0 Å². The number of hydrogen-bond acceptors (Lipinski definition) is 3. The third kappa shape index (κ3) is 4.81. The van der Waals surface area contributed by atoms with Crippen molar-refractivity contribution in [2.24, 2.45) is 0 Å². The number of carbonyl (C=O) groups excluding carboxylic acids is 2. The molecule has 1 atom stereocenters. The zero-order chi connectivity index (χ0) is 18.4. The molecule has 1 N–H and O–H groups in total. The van der Waals surface area contributed by atoms with Crippen molar-refractivity contribution in [2.75, 3.05) is 20.1 Å². The number of amides is 2. The van der Waals surface area contributed by atoms with Gasteiger partial charge in [0.05, 0.1) is 0 Å². The van der Waals surface area contributed by atoms with E-state index in [2.05, 4.69) is 0 Å². The molecular formula is C19H26N2O4. The van der Waals surface area contributed by atoms with Crippen molar-refractivity contribution < 1.29 is 19.5 Å². The van der Waals surface area contributed by atoms with Crippen molar-refractivity contribution in [3.63, 3.8) is 0 Å². The Morgan fingerprint density at radius 2 is 1.96 bits per heavy atom. The van der Waals surface area contributed by atoms with Crippen LogP contribution in [0.2, 0.25) is 0 Å². The van der Waals surface area contributed by atoms with E-state index in [1.807, 2.05) is 6.92 Å². The van der Waals surface area contributed by atoms with Crippen LogP contribution in [0.3, 0.4) is 0 Å². The molecule has 0 aliphatic carbocycles. The Balaban J connectivity index is 2.17. The molecule has 1 unspecified atom stereocenters. The van der Waals surface area contributed by atoms with Gasteiger partial charge in [-0.3, -0.25) is 14.4 Å². The molecule has 1 aromatic carbocycles. The standard InChI is InChI=1S/C19H26N2O4/c1-3-20(2)18(24)14-7-6-8-15(13-14)19(25)21-12-5-4-9-16(21)10-11-17(22)23/h6-8,13,16H,3-5,9-12H2,1-2H3,(H,22,23). The van der Waals surface area contributed by atoms with Crippen LogP contribution in [0.5, 0.6) is 0 Å². The Morgan fingerprint density at radius 3 is 2.64 bits per heavy atom. The molecule has 136 valence electrons. The fourth-order valence-electron chi connectivity index (χ4n) is 3.17. The summed E-state index contributed by atoms with van der Waals surface area (Å²) < 4.78 is 0. The first-order valence-electron chi connectivity index (χ1n) is 8.82. The molecule has 2 amide bonds. The van der Waals surface area contributed by atoms with Gasteiger partial charge in [0.1, 0.15) is 0 Å². The van der Waals surface area contributed by atoms with E-state index in [4.69, 9.17) is 5.11 Å². The molecule has 1 heterocycles. The van der Waals surface area contributed by atoms with Gasteiger partial charge in [-0.25, -0.2) is 0 Å². The molecule has 1 fully saturated rings. The Bertz CT molecular complexity index is 644. The molecule has 6 heteroatoms. The number of rotatable bonds is 6. The maximum absolute atomic E-state index is 12.9. The van der Waals surface area contributed by atoms with E-state index in [0.29, 0.717) is 30.6 Å². The summed E-state index contributed by atoms with van der Waals surface area (Å²) in [7, 11) is 1.73. The SMILES string of the molecule is CCN(C)C(=O)c1cccc(C(=O)N2CCCCC2CCC(=O)O)c1. The number of carbonyl (C=O) groups is 3. The maximum atomic E-state index is 12.9. The van der Waals surface area contributed by atoms with Crippen molar-refractivity contribution in [1.82, 2.24) is 9.80 Å². The second-order valence-electron chi connectivity index (χ2n) is 6.48. The van der Waals surface area contributed by atoms with Crippen LogP contribution < -0.4 is 0 Å². The number of nitrogens with zero attached hydrogens (tertiary/aromatic N) is 2.